The van der Waals surface area contributed by atoms with Crippen LogP contribution < -0.4 is 10.9 Å². The second kappa shape index (κ2) is 8.11. The maximum Gasteiger partial charge on any atom is 0.274 e. The Morgan fingerprint density at radius 1 is 0.900 bits per heavy atom. The predicted octanol–water partition coefficient (Wildman–Crippen LogP) is 4.70. The molecule has 152 valence electrons. The summed E-state index contributed by atoms with van der Waals surface area (Å²) in [5, 5.41) is 10.8. The standard InChI is InChI=1S/C25H25N3O2/c1-16(2)15-28-25(30)22-13-7-6-12-21(22)23(27-28)24(29)26-17(3)19-14-8-10-18-9-4-5-11-20(18)19/h4-14,16-17H,15H2,1-3H3,(H,26,29). The Hall–Kier alpha value is -3.47. The highest BCUT2D eigenvalue weighted by Gasteiger charge is 2.20. The largest absolute Gasteiger partial charge is 0.344 e. The quantitative estimate of drug-likeness (QED) is 0.529. The van der Waals surface area contributed by atoms with Gasteiger partial charge in [0.05, 0.1) is 11.4 Å². The molecule has 1 heterocycles. The second-order valence-electron chi connectivity index (χ2n) is 8.04. The number of carbonyl (C=O) groups excluding carboxylic acids is 1. The Kier molecular flexibility index (Phi) is 5.36. The molecule has 4 aromatic rings. The smallest absolute Gasteiger partial charge is 0.274 e. The van der Waals surface area contributed by atoms with E-state index in [1.54, 1.807) is 12.1 Å². The maximum atomic E-state index is 13.2. The van der Waals surface area contributed by atoms with Gasteiger partial charge in [-0.2, -0.15) is 5.10 Å². The molecule has 5 heteroatoms. The van der Waals surface area contributed by atoms with Crippen molar-refractivity contribution in [3.63, 3.8) is 0 Å². The molecule has 1 atom stereocenters. The van der Waals surface area contributed by atoms with Crippen LogP contribution in [-0.4, -0.2) is 15.7 Å². The third kappa shape index (κ3) is 3.71. The summed E-state index contributed by atoms with van der Waals surface area (Å²) in [6.45, 7) is 6.46. The first kappa shape index (κ1) is 19.8. The fourth-order valence-electron chi connectivity index (χ4n) is 3.84. The Bertz CT molecular complexity index is 1290. The number of rotatable bonds is 5. The van der Waals surface area contributed by atoms with Crippen molar-refractivity contribution in [3.8, 4) is 0 Å². The zero-order valence-corrected chi connectivity index (χ0v) is 17.4. The lowest BCUT2D eigenvalue weighted by molar-refractivity contribution is 0.0934. The summed E-state index contributed by atoms with van der Waals surface area (Å²) >= 11 is 0. The van der Waals surface area contributed by atoms with Crippen LogP contribution in [0.15, 0.2) is 71.5 Å². The Balaban J connectivity index is 1.74. The number of nitrogens with one attached hydrogen (secondary N) is 1. The van der Waals surface area contributed by atoms with Crippen LogP contribution in [-0.2, 0) is 6.54 Å². The lowest BCUT2D eigenvalue weighted by Gasteiger charge is -2.18. The van der Waals surface area contributed by atoms with Crippen molar-refractivity contribution < 1.29 is 4.79 Å². The van der Waals surface area contributed by atoms with E-state index in [1.165, 1.54) is 4.68 Å². The molecule has 1 N–H and O–H groups in total. The molecule has 1 aromatic heterocycles. The molecule has 3 aromatic carbocycles. The third-order valence-electron chi connectivity index (χ3n) is 5.26. The minimum Gasteiger partial charge on any atom is -0.344 e. The van der Waals surface area contributed by atoms with Crippen LogP contribution in [0.5, 0.6) is 0 Å². The van der Waals surface area contributed by atoms with E-state index in [4.69, 9.17) is 0 Å². The Morgan fingerprint density at radius 3 is 2.27 bits per heavy atom. The summed E-state index contributed by atoms with van der Waals surface area (Å²) in [7, 11) is 0. The molecule has 0 bridgehead atoms. The number of aromatic nitrogens is 2. The van der Waals surface area contributed by atoms with Crippen molar-refractivity contribution in [2.24, 2.45) is 5.92 Å². The van der Waals surface area contributed by atoms with Gasteiger partial charge in [-0.05, 0) is 35.2 Å². The van der Waals surface area contributed by atoms with Gasteiger partial charge >= 0.3 is 0 Å². The van der Waals surface area contributed by atoms with Gasteiger partial charge in [-0.3, -0.25) is 9.59 Å². The highest BCUT2D eigenvalue weighted by atomic mass is 16.2. The van der Waals surface area contributed by atoms with Gasteiger partial charge in [-0.1, -0.05) is 74.5 Å². The minimum absolute atomic E-state index is 0.169. The molecular formula is C25H25N3O2. The molecule has 1 unspecified atom stereocenters. The van der Waals surface area contributed by atoms with Gasteiger partial charge in [0, 0.05) is 11.9 Å². The number of benzene rings is 3. The molecule has 30 heavy (non-hydrogen) atoms. The zero-order valence-electron chi connectivity index (χ0n) is 17.4. The van der Waals surface area contributed by atoms with Crippen molar-refractivity contribution >= 4 is 27.5 Å². The Labute approximate surface area is 175 Å². The summed E-state index contributed by atoms with van der Waals surface area (Å²) in [6, 6.07) is 21.1. The minimum atomic E-state index is -0.288. The van der Waals surface area contributed by atoms with Crippen LogP contribution in [0.3, 0.4) is 0 Å². The molecule has 0 aliphatic heterocycles. The second-order valence-corrected chi connectivity index (χ2v) is 8.04. The van der Waals surface area contributed by atoms with Crippen LogP contribution in [0.1, 0.15) is 42.9 Å². The van der Waals surface area contributed by atoms with Gasteiger partial charge in [0.2, 0.25) is 0 Å². The van der Waals surface area contributed by atoms with Crippen molar-refractivity contribution in [2.45, 2.75) is 33.4 Å². The summed E-state index contributed by atoms with van der Waals surface area (Å²) in [5.74, 6) is -0.0500. The highest BCUT2D eigenvalue weighted by Crippen LogP contribution is 2.24. The normalized spacial score (nSPS) is 12.4. The molecule has 0 aliphatic rings. The van der Waals surface area contributed by atoms with E-state index >= 15 is 0 Å². The predicted molar refractivity (Wildman–Crippen MR) is 121 cm³/mol. The SMILES string of the molecule is CC(C)Cn1nc(C(=O)NC(C)c2cccc3ccccc23)c2ccccc2c1=O. The fraction of sp³-hybridized carbons (Fsp3) is 0.240. The number of hydrogen-bond acceptors (Lipinski definition) is 3. The molecular weight excluding hydrogens is 374 g/mol. The molecule has 0 aliphatic carbocycles. The van der Waals surface area contributed by atoms with E-state index in [1.807, 2.05) is 57.2 Å². The zero-order chi connectivity index (χ0) is 21.3. The third-order valence-corrected chi connectivity index (χ3v) is 5.26. The van der Waals surface area contributed by atoms with E-state index < -0.39 is 0 Å². The molecule has 4 rings (SSSR count). The summed E-state index contributed by atoms with van der Waals surface area (Å²) in [5.41, 5.74) is 1.15. The Morgan fingerprint density at radius 2 is 1.53 bits per heavy atom. The topological polar surface area (TPSA) is 64.0 Å². The lowest BCUT2D eigenvalue weighted by atomic mass is 9.99. The maximum absolute atomic E-state index is 13.2. The van der Waals surface area contributed by atoms with Gasteiger partial charge in [0.1, 0.15) is 0 Å². The van der Waals surface area contributed by atoms with Crippen LogP contribution in [0.4, 0.5) is 0 Å². The number of hydrogen-bond donors (Lipinski definition) is 1. The average Bonchev–Trinajstić information content (AvgIpc) is 2.75. The number of fused-ring (bicyclic) bond motifs is 2. The molecule has 5 nitrogen and oxygen atoms in total. The van der Waals surface area contributed by atoms with Gasteiger partial charge in [0.25, 0.3) is 11.5 Å². The molecule has 0 saturated carbocycles. The number of nitrogens with zero attached hydrogens (tertiary/aromatic N) is 2. The first-order chi connectivity index (χ1) is 14.5. The van der Waals surface area contributed by atoms with Gasteiger partial charge in [-0.15, -0.1) is 0 Å². The summed E-state index contributed by atoms with van der Waals surface area (Å²) in [6.07, 6.45) is 0. The lowest BCUT2D eigenvalue weighted by Crippen LogP contribution is -2.32. The van der Waals surface area contributed by atoms with Crippen molar-refractivity contribution in [1.29, 1.82) is 0 Å². The number of carbonyl (C=O) groups is 1. The van der Waals surface area contributed by atoms with Crippen LogP contribution >= 0.6 is 0 Å². The van der Waals surface area contributed by atoms with Gasteiger partial charge < -0.3 is 5.32 Å². The van der Waals surface area contributed by atoms with Crippen molar-refractivity contribution in [3.05, 3.63) is 88.3 Å². The molecule has 0 radical (unpaired) electrons. The number of amides is 1. The van der Waals surface area contributed by atoms with E-state index in [2.05, 4.69) is 28.6 Å². The average molecular weight is 399 g/mol. The molecule has 0 saturated heterocycles. The van der Waals surface area contributed by atoms with Crippen molar-refractivity contribution in [2.75, 3.05) is 0 Å². The first-order valence-corrected chi connectivity index (χ1v) is 10.2. The summed E-state index contributed by atoms with van der Waals surface area (Å²) < 4.78 is 1.41. The highest BCUT2D eigenvalue weighted by molar-refractivity contribution is 6.05. The van der Waals surface area contributed by atoms with Crippen molar-refractivity contribution in [1.82, 2.24) is 15.1 Å². The van der Waals surface area contributed by atoms with Gasteiger partial charge in [0.15, 0.2) is 5.69 Å². The van der Waals surface area contributed by atoms with Gasteiger partial charge in [-0.25, -0.2) is 4.68 Å². The fourth-order valence-corrected chi connectivity index (χ4v) is 3.84. The summed E-state index contributed by atoms with van der Waals surface area (Å²) in [4.78, 5) is 26.0. The van der Waals surface area contributed by atoms with Crippen LogP contribution in [0.25, 0.3) is 21.5 Å². The first-order valence-electron chi connectivity index (χ1n) is 10.2. The van der Waals surface area contributed by atoms with E-state index in [0.29, 0.717) is 17.3 Å². The van der Waals surface area contributed by atoms with Crippen LogP contribution in [0.2, 0.25) is 0 Å². The van der Waals surface area contributed by atoms with E-state index in [-0.39, 0.29) is 29.1 Å². The van der Waals surface area contributed by atoms with Crippen LogP contribution in [0, 0.1) is 5.92 Å². The molecule has 0 spiro atoms. The van der Waals surface area contributed by atoms with E-state index in [9.17, 15) is 9.59 Å². The monoisotopic (exact) mass is 399 g/mol. The molecule has 0 fully saturated rings. The van der Waals surface area contributed by atoms with E-state index in [0.717, 1.165) is 16.3 Å². The molecule has 1 amide bonds.